The molecule has 27 heavy (non-hydrogen) atoms. The number of halogens is 1. The topological polar surface area (TPSA) is 85.8 Å². The van der Waals surface area contributed by atoms with Gasteiger partial charge in [0, 0.05) is 26.2 Å². The lowest BCUT2D eigenvalue weighted by Gasteiger charge is -2.12. The van der Waals surface area contributed by atoms with E-state index in [1.54, 1.807) is 24.3 Å². The van der Waals surface area contributed by atoms with E-state index >= 15 is 0 Å². The van der Waals surface area contributed by atoms with Crippen molar-refractivity contribution in [1.29, 1.82) is 0 Å². The third kappa shape index (κ3) is 6.97. The fourth-order valence-corrected chi connectivity index (χ4v) is 2.45. The molecule has 0 saturated heterocycles. The molecule has 0 radical (unpaired) electrons. The minimum absolute atomic E-state index is 0.0461. The highest BCUT2D eigenvalue weighted by Crippen LogP contribution is 2.14. The van der Waals surface area contributed by atoms with Crippen LogP contribution in [0, 0.1) is 5.82 Å². The van der Waals surface area contributed by atoms with Crippen LogP contribution in [0.15, 0.2) is 53.5 Å². The lowest BCUT2D eigenvalue weighted by atomic mass is 10.1. The molecular weight excluding hydrogens is 347 g/mol. The van der Waals surface area contributed by atoms with Gasteiger partial charge in [-0.05, 0) is 43.2 Å². The number of amides is 1. The number of aliphatic imine (C=N–C) groups is 1. The van der Waals surface area contributed by atoms with Gasteiger partial charge in [0.05, 0.1) is 5.56 Å². The number of hydrogen-bond acceptors (Lipinski definition) is 3. The smallest absolute Gasteiger partial charge is 0.255 e. The van der Waals surface area contributed by atoms with Gasteiger partial charge in [-0.1, -0.05) is 24.3 Å². The molecular formula is C20H25FN4O2. The fraction of sp³-hybridized carbons (Fsp3) is 0.300. The first-order valence-electron chi connectivity index (χ1n) is 8.93. The van der Waals surface area contributed by atoms with Crippen molar-refractivity contribution in [2.24, 2.45) is 4.99 Å². The lowest BCUT2D eigenvalue weighted by molar-refractivity contribution is 0.0951. The zero-order valence-electron chi connectivity index (χ0n) is 15.3. The van der Waals surface area contributed by atoms with Gasteiger partial charge in [-0.3, -0.25) is 9.79 Å². The van der Waals surface area contributed by atoms with Gasteiger partial charge in [0.2, 0.25) is 0 Å². The van der Waals surface area contributed by atoms with Crippen molar-refractivity contribution in [1.82, 2.24) is 16.0 Å². The molecule has 0 unspecified atom stereocenters. The molecule has 4 N–H and O–H groups in total. The molecule has 0 saturated carbocycles. The van der Waals surface area contributed by atoms with E-state index in [0.717, 1.165) is 5.56 Å². The Labute approximate surface area is 158 Å². The summed E-state index contributed by atoms with van der Waals surface area (Å²) in [6.45, 7) is 4.04. The standard InChI is InChI=1S/C20H25FN4O2/c1-2-22-20(24-11-10-15-6-5-7-16(21)14-15)25-13-12-23-19(27)17-8-3-4-9-18(17)26/h3-9,14,26H,2,10-13H2,1H3,(H,23,27)(H2,22,24,25). The van der Waals surface area contributed by atoms with E-state index < -0.39 is 0 Å². The Kier molecular flexibility index (Phi) is 8.09. The number of carbonyl (C=O) groups is 1. The summed E-state index contributed by atoms with van der Waals surface area (Å²) in [6, 6.07) is 12.9. The molecule has 1 amide bonds. The average molecular weight is 372 g/mol. The Morgan fingerprint density at radius 2 is 1.85 bits per heavy atom. The van der Waals surface area contributed by atoms with Crippen LogP contribution in [0.1, 0.15) is 22.8 Å². The number of rotatable bonds is 8. The normalized spacial score (nSPS) is 11.1. The molecule has 7 heteroatoms. The monoisotopic (exact) mass is 372 g/mol. The summed E-state index contributed by atoms with van der Waals surface area (Å²) < 4.78 is 13.2. The van der Waals surface area contributed by atoms with Crippen molar-refractivity contribution in [2.45, 2.75) is 13.3 Å². The number of nitrogens with one attached hydrogen (secondary N) is 3. The minimum Gasteiger partial charge on any atom is -0.507 e. The van der Waals surface area contributed by atoms with Crippen LogP contribution in [0.2, 0.25) is 0 Å². The number of hydrogen-bond donors (Lipinski definition) is 4. The summed E-state index contributed by atoms with van der Waals surface area (Å²) in [5.74, 6) is 0.00516. The largest absolute Gasteiger partial charge is 0.507 e. The number of phenolic OH excluding ortho intramolecular Hbond substituents is 1. The second-order valence-corrected chi connectivity index (χ2v) is 5.84. The first-order chi connectivity index (χ1) is 13.1. The molecule has 144 valence electrons. The maximum absolute atomic E-state index is 13.2. The number of phenols is 1. The quantitative estimate of drug-likeness (QED) is 0.325. The zero-order chi connectivity index (χ0) is 19.5. The van der Waals surface area contributed by atoms with Crippen LogP contribution in [0.4, 0.5) is 4.39 Å². The third-order valence-corrected chi connectivity index (χ3v) is 3.76. The highest BCUT2D eigenvalue weighted by molar-refractivity contribution is 5.96. The van der Waals surface area contributed by atoms with E-state index in [4.69, 9.17) is 0 Å². The number of para-hydroxylation sites is 1. The van der Waals surface area contributed by atoms with Gasteiger partial charge in [0.25, 0.3) is 5.91 Å². The van der Waals surface area contributed by atoms with E-state index in [0.29, 0.717) is 38.6 Å². The lowest BCUT2D eigenvalue weighted by Crippen LogP contribution is -2.41. The number of carbonyl (C=O) groups excluding carboxylic acids is 1. The predicted octanol–water partition coefficient (Wildman–Crippen LogP) is 2.06. The fourth-order valence-electron chi connectivity index (χ4n) is 2.45. The summed E-state index contributed by atoms with van der Waals surface area (Å²) in [5.41, 5.74) is 1.14. The molecule has 6 nitrogen and oxygen atoms in total. The molecule has 0 aliphatic carbocycles. The molecule has 0 atom stereocenters. The van der Waals surface area contributed by atoms with Crippen LogP contribution in [0.25, 0.3) is 0 Å². The van der Waals surface area contributed by atoms with Crippen LogP contribution in [0.3, 0.4) is 0 Å². The SMILES string of the molecule is CCNC(=NCCc1cccc(F)c1)NCCNC(=O)c1ccccc1O. The minimum atomic E-state index is -0.331. The molecule has 0 heterocycles. The number of nitrogens with zero attached hydrogens (tertiary/aromatic N) is 1. The average Bonchev–Trinajstić information content (AvgIpc) is 2.65. The summed E-state index contributed by atoms with van der Waals surface area (Å²) in [5, 5.41) is 18.7. The van der Waals surface area contributed by atoms with Gasteiger partial charge < -0.3 is 21.1 Å². The van der Waals surface area contributed by atoms with Crippen LogP contribution in [-0.2, 0) is 6.42 Å². The van der Waals surface area contributed by atoms with E-state index in [2.05, 4.69) is 20.9 Å². The predicted molar refractivity (Wildman–Crippen MR) is 105 cm³/mol. The van der Waals surface area contributed by atoms with E-state index in [1.165, 1.54) is 18.2 Å². The van der Waals surface area contributed by atoms with Gasteiger partial charge >= 0.3 is 0 Å². The molecule has 2 aromatic rings. The molecule has 0 bridgehead atoms. The Balaban J connectivity index is 1.76. The van der Waals surface area contributed by atoms with Crippen LogP contribution in [0.5, 0.6) is 5.75 Å². The number of aromatic hydroxyl groups is 1. The van der Waals surface area contributed by atoms with E-state index in [1.807, 2.05) is 13.0 Å². The van der Waals surface area contributed by atoms with Crippen molar-refractivity contribution in [3.05, 3.63) is 65.5 Å². The van der Waals surface area contributed by atoms with Crippen LogP contribution < -0.4 is 16.0 Å². The van der Waals surface area contributed by atoms with E-state index in [-0.39, 0.29) is 23.0 Å². The Hall–Kier alpha value is -3.09. The van der Waals surface area contributed by atoms with Crippen LogP contribution >= 0.6 is 0 Å². The summed E-state index contributed by atoms with van der Waals surface area (Å²) in [6.07, 6.45) is 0.637. The third-order valence-electron chi connectivity index (χ3n) is 3.76. The van der Waals surface area contributed by atoms with Gasteiger partial charge in [-0.25, -0.2) is 4.39 Å². The molecule has 2 rings (SSSR count). The first kappa shape index (κ1) is 20.2. The second-order valence-electron chi connectivity index (χ2n) is 5.84. The molecule has 2 aromatic carbocycles. The summed E-state index contributed by atoms with van der Waals surface area (Å²) >= 11 is 0. The molecule has 0 aromatic heterocycles. The van der Waals surface area contributed by atoms with Crippen molar-refractivity contribution in [3.63, 3.8) is 0 Å². The molecule has 0 spiro atoms. The maximum Gasteiger partial charge on any atom is 0.255 e. The second kappa shape index (κ2) is 10.8. The first-order valence-corrected chi connectivity index (χ1v) is 8.93. The van der Waals surface area contributed by atoms with Gasteiger partial charge in [0.15, 0.2) is 5.96 Å². The van der Waals surface area contributed by atoms with Crippen molar-refractivity contribution < 1.29 is 14.3 Å². The highest BCUT2D eigenvalue weighted by Gasteiger charge is 2.09. The Bertz CT molecular complexity index is 780. The highest BCUT2D eigenvalue weighted by atomic mass is 19.1. The van der Waals surface area contributed by atoms with E-state index in [9.17, 15) is 14.3 Å². The van der Waals surface area contributed by atoms with Gasteiger partial charge in [-0.2, -0.15) is 0 Å². The van der Waals surface area contributed by atoms with Crippen LogP contribution in [-0.4, -0.2) is 43.2 Å². The number of guanidine groups is 1. The maximum atomic E-state index is 13.2. The Morgan fingerprint density at radius 3 is 2.59 bits per heavy atom. The summed E-state index contributed by atoms with van der Waals surface area (Å²) in [4.78, 5) is 16.5. The summed E-state index contributed by atoms with van der Waals surface area (Å²) in [7, 11) is 0. The number of benzene rings is 2. The molecule has 0 fully saturated rings. The van der Waals surface area contributed by atoms with Crippen molar-refractivity contribution in [2.75, 3.05) is 26.2 Å². The Morgan fingerprint density at radius 1 is 1.07 bits per heavy atom. The van der Waals surface area contributed by atoms with Crippen molar-refractivity contribution in [3.8, 4) is 5.75 Å². The zero-order valence-corrected chi connectivity index (χ0v) is 15.3. The van der Waals surface area contributed by atoms with Crippen molar-refractivity contribution >= 4 is 11.9 Å². The molecule has 0 aliphatic heterocycles. The van der Waals surface area contributed by atoms with Gasteiger partial charge in [-0.15, -0.1) is 0 Å². The van der Waals surface area contributed by atoms with Gasteiger partial charge in [0.1, 0.15) is 11.6 Å². The molecule has 0 aliphatic rings.